The van der Waals surface area contributed by atoms with Gasteiger partial charge >= 0.3 is 0 Å². The fourth-order valence-corrected chi connectivity index (χ4v) is 2.09. The summed E-state index contributed by atoms with van der Waals surface area (Å²) in [6, 6.07) is 10.9. The smallest absolute Gasteiger partial charge is 0.271 e. The Kier molecular flexibility index (Phi) is 6.51. The van der Waals surface area contributed by atoms with Crippen LogP contribution in [0.5, 0.6) is 5.75 Å². The van der Waals surface area contributed by atoms with Gasteiger partial charge in [0.15, 0.2) is 11.5 Å². The molecule has 2 aromatic rings. The number of methoxy groups -OCH3 is 1. The standard InChI is InChI=1S/C17H23N5O2/c1-22(2)12-6-11-18-17(23)14-9-10-16(21-20-14)19-13-7-4-5-8-15(13)24-3/h4-5,7-10H,6,11-12H2,1-3H3,(H,18,23)(H,19,21). The quantitative estimate of drug-likeness (QED) is 0.720. The molecule has 0 aliphatic rings. The Morgan fingerprint density at radius 1 is 1.17 bits per heavy atom. The summed E-state index contributed by atoms with van der Waals surface area (Å²) >= 11 is 0. The summed E-state index contributed by atoms with van der Waals surface area (Å²) in [7, 11) is 5.61. The fraction of sp³-hybridized carbons (Fsp3) is 0.353. The number of carbonyl (C=O) groups is 1. The highest BCUT2D eigenvalue weighted by Crippen LogP contribution is 2.25. The van der Waals surface area contributed by atoms with Crippen LogP contribution >= 0.6 is 0 Å². The number of nitrogens with zero attached hydrogens (tertiary/aromatic N) is 3. The number of para-hydroxylation sites is 2. The number of aromatic nitrogens is 2. The van der Waals surface area contributed by atoms with Crippen LogP contribution in [-0.2, 0) is 0 Å². The van der Waals surface area contributed by atoms with E-state index in [-0.39, 0.29) is 5.91 Å². The highest BCUT2D eigenvalue weighted by Gasteiger charge is 2.08. The zero-order valence-electron chi connectivity index (χ0n) is 14.2. The lowest BCUT2D eigenvalue weighted by Crippen LogP contribution is -2.28. The van der Waals surface area contributed by atoms with Crippen LogP contribution in [0.1, 0.15) is 16.9 Å². The van der Waals surface area contributed by atoms with Crippen molar-refractivity contribution in [1.29, 1.82) is 0 Å². The van der Waals surface area contributed by atoms with E-state index < -0.39 is 0 Å². The molecule has 1 heterocycles. The summed E-state index contributed by atoms with van der Waals surface area (Å²) < 4.78 is 5.27. The molecule has 1 amide bonds. The van der Waals surface area contributed by atoms with Crippen LogP contribution < -0.4 is 15.4 Å². The Morgan fingerprint density at radius 2 is 1.96 bits per heavy atom. The van der Waals surface area contributed by atoms with Gasteiger partial charge in [0.1, 0.15) is 5.75 Å². The summed E-state index contributed by atoms with van der Waals surface area (Å²) in [6.45, 7) is 1.54. The molecule has 0 aliphatic carbocycles. The first kappa shape index (κ1) is 17.7. The Bertz CT molecular complexity index is 658. The number of ether oxygens (including phenoxy) is 1. The van der Waals surface area contributed by atoms with Crippen molar-refractivity contribution in [3.8, 4) is 5.75 Å². The van der Waals surface area contributed by atoms with Crippen LogP contribution in [0.4, 0.5) is 11.5 Å². The van der Waals surface area contributed by atoms with E-state index in [1.807, 2.05) is 38.4 Å². The monoisotopic (exact) mass is 329 g/mol. The molecule has 0 saturated carbocycles. The van der Waals surface area contributed by atoms with E-state index in [0.29, 0.717) is 23.8 Å². The van der Waals surface area contributed by atoms with E-state index >= 15 is 0 Å². The van der Waals surface area contributed by atoms with E-state index in [2.05, 4.69) is 25.7 Å². The maximum absolute atomic E-state index is 12.0. The van der Waals surface area contributed by atoms with Crippen LogP contribution in [0.25, 0.3) is 0 Å². The summed E-state index contributed by atoms with van der Waals surface area (Å²) in [5.41, 5.74) is 1.08. The highest BCUT2D eigenvalue weighted by molar-refractivity contribution is 5.92. The van der Waals surface area contributed by atoms with Crippen molar-refractivity contribution in [2.45, 2.75) is 6.42 Å². The maximum atomic E-state index is 12.0. The van der Waals surface area contributed by atoms with Crippen LogP contribution in [0.3, 0.4) is 0 Å². The second kappa shape index (κ2) is 8.83. The molecule has 0 bridgehead atoms. The highest BCUT2D eigenvalue weighted by atomic mass is 16.5. The molecule has 0 saturated heterocycles. The first-order valence-corrected chi connectivity index (χ1v) is 7.77. The van der Waals surface area contributed by atoms with Gasteiger partial charge in [0.2, 0.25) is 0 Å². The minimum Gasteiger partial charge on any atom is -0.495 e. The van der Waals surface area contributed by atoms with Crippen molar-refractivity contribution < 1.29 is 9.53 Å². The first-order chi connectivity index (χ1) is 11.6. The molecule has 128 valence electrons. The summed E-state index contributed by atoms with van der Waals surface area (Å²) in [5, 5.41) is 14.0. The lowest BCUT2D eigenvalue weighted by atomic mass is 10.3. The van der Waals surface area contributed by atoms with E-state index in [9.17, 15) is 4.79 Å². The number of rotatable bonds is 8. The summed E-state index contributed by atoms with van der Waals surface area (Å²) in [4.78, 5) is 14.1. The zero-order valence-corrected chi connectivity index (χ0v) is 14.2. The predicted octanol–water partition coefficient (Wildman–Crippen LogP) is 1.91. The number of carbonyl (C=O) groups excluding carboxylic acids is 1. The van der Waals surface area contributed by atoms with Gasteiger partial charge in [-0.1, -0.05) is 12.1 Å². The molecule has 2 N–H and O–H groups in total. The average Bonchev–Trinajstić information content (AvgIpc) is 2.59. The summed E-state index contributed by atoms with van der Waals surface area (Å²) in [6.07, 6.45) is 0.889. The van der Waals surface area contributed by atoms with Gasteiger partial charge in [-0.3, -0.25) is 4.79 Å². The van der Waals surface area contributed by atoms with E-state index in [4.69, 9.17) is 4.74 Å². The largest absolute Gasteiger partial charge is 0.495 e. The second-order valence-corrected chi connectivity index (χ2v) is 5.54. The molecule has 0 atom stereocenters. The molecule has 0 spiro atoms. The van der Waals surface area contributed by atoms with Gasteiger partial charge in [0.25, 0.3) is 5.91 Å². The van der Waals surface area contributed by atoms with Gasteiger partial charge in [-0.25, -0.2) is 0 Å². The maximum Gasteiger partial charge on any atom is 0.271 e. The topological polar surface area (TPSA) is 79.4 Å². The molecule has 0 aliphatic heterocycles. The van der Waals surface area contributed by atoms with Crippen molar-refractivity contribution in [3.63, 3.8) is 0 Å². The van der Waals surface area contributed by atoms with Crippen molar-refractivity contribution >= 4 is 17.4 Å². The normalized spacial score (nSPS) is 10.5. The molecule has 7 heteroatoms. The molecule has 1 aromatic carbocycles. The minimum atomic E-state index is -0.218. The molecular formula is C17H23N5O2. The lowest BCUT2D eigenvalue weighted by Gasteiger charge is -2.10. The third kappa shape index (κ3) is 5.20. The number of anilines is 2. The van der Waals surface area contributed by atoms with E-state index in [0.717, 1.165) is 18.7 Å². The predicted molar refractivity (Wildman–Crippen MR) is 93.8 cm³/mol. The van der Waals surface area contributed by atoms with E-state index in [1.54, 1.807) is 19.2 Å². The number of nitrogens with one attached hydrogen (secondary N) is 2. The van der Waals surface area contributed by atoms with Crippen molar-refractivity contribution in [2.24, 2.45) is 0 Å². The molecule has 24 heavy (non-hydrogen) atoms. The first-order valence-electron chi connectivity index (χ1n) is 7.77. The Labute approximate surface area is 142 Å². The molecule has 1 aromatic heterocycles. The van der Waals surface area contributed by atoms with Gasteiger partial charge in [0, 0.05) is 6.54 Å². The van der Waals surface area contributed by atoms with Crippen molar-refractivity contribution in [2.75, 3.05) is 39.6 Å². The Balaban J connectivity index is 1.91. The number of hydrogen-bond donors (Lipinski definition) is 2. The average molecular weight is 329 g/mol. The van der Waals surface area contributed by atoms with Gasteiger partial charge < -0.3 is 20.3 Å². The summed E-state index contributed by atoms with van der Waals surface area (Å²) in [5.74, 6) is 1.04. The van der Waals surface area contributed by atoms with Crippen LogP contribution in [0, 0.1) is 0 Å². The Morgan fingerprint density at radius 3 is 2.62 bits per heavy atom. The molecule has 0 radical (unpaired) electrons. The fourth-order valence-electron chi connectivity index (χ4n) is 2.09. The molecular weight excluding hydrogens is 306 g/mol. The number of hydrogen-bond acceptors (Lipinski definition) is 6. The van der Waals surface area contributed by atoms with Crippen LogP contribution in [0.2, 0.25) is 0 Å². The molecule has 2 rings (SSSR count). The lowest BCUT2D eigenvalue weighted by molar-refractivity contribution is 0.0946. The van der Waals surface area contributed by atoms with Gasteiger partial charge in [-0.05, 0) is 51.3 Å². The Hall–Kier alpha value is -2.67. The van der Waals surface area contributed by atoms with Gasteiger partial charge in [-0.15, -0.1) is 10.2 Å². The molecule has 0 unspecified atom stereocenters. The SMILES string of the molecule is COc1ccccc1Nc1ccc(C(=O)NCCCN(C)C)nn1. The van der Waals surface area contributed by atoms with Gasteiger partial charge in [-0.2, -0.15) is 0 Å². The van der Waals surface area contributed by atoms with Gasteiger partial charge in [0.05, 0.1) is 12.8 Å². The third-order valence-corrected chi connectivity index (χ3v) is 3.33. The van der Waals surface area contributed by atoms with Crippen LogP contribution in [-0.4, -0.2) is 55.3 Å². The number of amides is 1. The minimum absolute atomic E-state index is 0.218. The third-order valence-electron chi connectivity index (χ3n) is 3.33. The van der Waals surface area contributed by atoms with E-state index in [1.165, 1.54) is 0 Å². The second-order valence-electron chi connectivity index (χ2n) is 5.54. The molecule has 0 fully saturated rings. The zero-order chi connectivity index (χ0) is 17.4. The van der Waals surface area contributed by atoms with Crippen LogP contribution in [0.15, 0.2) is 36.4 Å². The van der Waals surface area contributed by atoms with Crippen molar-refractivity contribution in [1.82, 2.24) is 20.4 Å². The number of benzene rings is 1. The molecule has 7 nitrogen and oxygen atoms in total. The van der Waals surface area contributed by atoms with Crippen molar-refractivity contribution in [3.05, 3.63) is 42.1 Å².